The molecule has 12 heteroatoms. The fraction of sp³-hybridized carbons (Fsp3) is 0.345. The molecule has 2 aromatic heterocycles. The molecule has 3 heterocycles. The third kappa shape index (κ3) is 5.58. The monoisotopic (exact) mass is 559 g/mol. The Labute approximate surface area is 236 Å². The molecule has 5 rings (SSSR count). The maximum absolute atomic E-state index is 14.1. The molecule has 0 saturated heterocycles. The number of hydrogen-bond donors (Lipinski definition) is 2. The molecule has 1 aliphatic rings. The van der Waals surface area contributed by atoms with Crippen LogP contribution in [-0.4, -0.2) is 57.3 Å². The van der Waals surface area contributed by atoms with Gasteiger partial charge in [0.2, 0.25) is 0 Å². The molecular weight excluding hydrogens is 526 g/mol. The summed E-state index contributed by atoms with van der Waals surface area (Å²) in [4.78, 5) is 31.5. The maximum Gasteiger partial charge on any atom is 0.330 e. The molecule has 0 fully saturated rings. The molecule has 4 aromatic rings. The molecule has 0 unspecified atom stereocenters. The van der Waals surface area contributed by atoms with Crippen molar-refractivity contribution in [2.75, 3.05) is 26.9 Å². The van der Waals surface area contributed by atoms with Crippen LogP contribution in [0.5, 0.6) is 17.2 Å². The average molecular weight is 560 g/mol. The highest BCUT2D eigenvalue weighted by Gasteiger charge is 2.22. The van der Waals surface area contributed by atoms with Gasteiger partial charge in [0.1, 0.15) is 23.5 Å². The van der Waals surface area contributed by atoms with Crippen LogP contribution in [0.4, 0.5) is 5.69 Å². The molecule has 0 spiro atoms. The second-order valence-electron chi connectivity index (χ2n) is 9.74. The van der Waals surface area contributed by atoms with Gasteiger partial charge in [0.25, 0.3) is 5.91 Å². The molecule has 1 amide bonds. The topological polar surface area (TPSA) is 138 Å². The predicted molar refractivity (Wildman–Crippen MR) is 152 cm³/mol. The Hall–Kier alpha value is -4.87. The highest BCUT2D eigenvalue weighted by atomic mass is 16.5. The lowest BCUT2D eigenvalue weighted by molar-refractivity contribution is 0.0947. The van der Waals surface area contributed by atoms with Gasteiger partial charge < -0.3 is 19.5 Å². The largest absolute Gasteiger partial charge is 0.493 e. The Morgan fingerprint density at radius 2 is 1.93 bits per heavy atom. The summed E-state index contributed by atoms with van der Waals surface area (Å²) in [6.07, 6.45) is 1.34. The number of aromatic amines is 1. The molecule has 2 aromatic carbocycles. The van der Waals surface area contributed by atoms with Crippen molar-refractivity contribution in [3.8, 4) is 28.5 Å². The van der Waals surface area contributed by atoms with Crippen molar-refractivity contribution < 1.29 is 19.0 Å². The van der Waals surface area contributed by atoms with Crippen LogP contribution < -0.4 is 30.7 Å². The molecule has 2 N–H and O–H groups in total. The summed E-state index contributed by atoms with van der Waals surface area (Å²) in [5.41, 5.74) is 5.67. The highest BCUT2D eigenvalue weighted by Crippen LogP contribution is 2.40. The van der Waals surface area contributed by atoms with Crippen molar-refractivity contribution >= 4 is 11.6 Å². The third-order valence-electron chi connectivity index (χ3n) is 6.85. The summed E-state index contributed by atoms with van der Waals surface area (Å²) in [7, 11) is 1.57. The summed E-state index contributed by atoms with van der Waals surface area (Å²) in [6, 6.07) is 9.63. The van der Waals surface area contributed by atoms with Gasteiger partial charge in [-0.1, -0.05) is 22.9 Å². The van der Waals surface area contributed by atoms with Gasteiger partial charge in [-0.05, 0) is 44.9 Å². The predicted octanol–water partition coefficient (Wildman–Crippen LogP) is 2.82. The number of benzene rings is 2. The fourth-order valence-corrected chi connectivity index (χ4v) is 5.05. The first-order valence-corrected chi connectivity index (χ1v) is 13.4. The third-order valence-corrected chi connectivity index (χ3v) is 6.85. The first-order valence-electron chi connectivity index (χ1n) is 13.4. The number of hydrogen-bond acceptors (Lipinski definition) is 8. The van der Waals surface area contributed by atoms with E-state index in [-0.39, 0.29) is 37.0 Å². The lowest BCUT2D eigenvalue weighted by Crippen LogP contribution is -2.43. The molecule has 214 valence electrons. The van der Waals surface area contributed by atoms with Crippen LogP contribution in [-0.2, 0) is 13.1 Å². The quantitative estimate of drug-likeness (QED) is 0.339. The lowest BCUT2D eigenvalue weighted by atomic mass is 10.1. The van der Waals surface area contributed by atoms with Crippen molar-refractivity contribution in [2.24, 2.45) is 4.99 Å². The SMILES string of the molecule is CCOc1cc2c(cc1OC)-c1c/c(=N\c3c(C)cc(C)cc3C)n(CCNC(=O)c3cnn[nH]3)c(=O)n1CCO2. The normalized spacial score (nSPS) is 12.7. The van der Waals surface area contributed by atoms with Crippen LogP contribution in [0.1, 0.15) is 34.1 Å². The number of fused-ring (bicyclic) bond motifs is 3. The number of aryl methyl sites for hydroxylation is 3. The van der Waals surface area contributed by atoms with Crippen LogP contribution >= 0.6 is 0 Å². The number of amides is 1. The van der Waals surface area contributed by atoms with Crippen molar-refractivity contribution in [2.45, 2.75) is 40.8 Å². The zero-order valence-electron chi connectivity index (χ0n) is 23.8. The van der Waals surface area contributed by atoms with E-state index in [2.05, 4.69) is 32.9 Å². The fourth-order valence-electron chi connectivity index (χ4n) is 5.05. The van der Waals surface area contributed by atoms with E-state index in [9.17, 15) is 9.59 Å². The van der Waals surface area contributed by atoms with Crippen LogP contribution in [0, 0.1) is 20.8 Å². The van der Waals surface area contributed by atoms with Gasteiger partial charge >= 0.3 is 5.69 Å². The van der Waals surface area contributed by atoms with Gasteiger partial charge in [-0.2, -0.15) is 0 Å². The molecule has 1 aliphatic heterocycles. The molecule has 0 aliphatic carbocycles. The van der Waals surface area contributed by atoms with Crippen LogP contribution in [0.15, 0.2) is 46.3 Å². The lowest BCUT2D eigenvalue weighted by Gasteiger charge is -2.17. The zero-order valence-corrected chi connectivity index (χ0v) is 23.8. The van der Waals surface area contributed by atoms with Gasteiger partial charge in [0, 0.05) is 30.8 Å². The number of rotatable bonds is 8. The summed E-state index contributed by atoms with van der Waals surface area (Å²) in [5, 5.41) is 12.6. The number of H-pyrrole nitrogens is 1. The van der Waals surface area contributed by atoms with E-state index in [4.69, 9.17) is 19.2 Å². The molecule has 0 saturated carbocycles. The van der Waals surface area contributed by atoms with E-state index in [0.717, 1.165) is 22.4 Å². The zero-order chi connectivity index (χ0) is 29.1. The van der Waals surface area contributed by atoms with E-state index in [0.29, 0.717) is 47.1 Å². The van der Waals surface area contributed by atoms with Crippen molar-refractivity contribution in [1.29, 1.82) is 0 Å². The molecule has 0 bridgehead atoms. The minimum Gasteiger partial charge on any atom is -0.493 e. The number of nitrogens with zero attached hydrogens (tertiary/aromatic N) is 5. The van der Waals surface area contributed by atoms with Gasteiger partial charge in [-0.25, -0.2) is 9.79 Å². The minimum atomic E-state index is -0.367. The number of nitrogens with one attached hydrogen (secondary N) is 2. The van der Waals surface area contributed by atoms with E-state index < -0.39 is 0 Å². The van der Waals surface area contributed by atoms with Gasteiger partial charge in [-0.3, -0.25) is 19.0 Å². The van der Waals surface area contributed by atoms with Gasteiger partial charge in [0.15, 0.2) is 11.5 Å². The number of ether oxygens (including phenoxy) is 3. The second-order valence-corrected chi connectivity index (χ2v) is 9.74. The Balaban J connectivity index is 1.67. The Morgan fingerprint density at radius 3 is 2.61 bits per heavy atom. The van der Waals surface area contributed by atoms with Gasteiger partial charge in [0.05, 0.1) is 37.8 Å². The minimum absolute atomic E-state index is 0.185. The molecule has 0 radical (unpaired) electrons. The second kappa shape index (κ2) is 11.7. The number of methoxy groups -OCH3 is 1. The molecular formula is C29H33N7O5. The van der Waals surface area contributed by atoms with E-state index in [1.54, 1.807) is 22.3 Å². The van der Waals surface area contributed by atoms with Crippen LogP contribution in [0.3, 0.4) is 0 Å². The van der Waals surface area contributed by atoms with Crippen LogP contribution in [0.25, 0.3) is 11.3 Å². The average Bonchev–Trinajstić information content (AvgIpc) is 3.42. The smallest absolute Gasteiger partial charge is 0.330 e. The number of carbonyl (C=O) groups excluding carboxylic acids is 1. The first-order chi connectivity index (χ1) is 19.8. The Morgan fingerprint density at radius 1 is 1.15 bits per heavy atom. The summed E-state index contributed by atoms with van der Waals surface area (Å²) in [6.45, 7) is 9.39. The van der Waals surface area contributed by atoms with Crippen molar-refractivity contribution in [3.63, 3.8) is 0 Å². The molecule has 12 nitrogen and oxygen atoms in total. The van der Waals surface area contributed by atoms with Crippen molar-refractivity contribution in [3.05, 3.63) is 74.9 Å². The van der Waals surface area contributed by atoms with Crippen molar-refractivity contribution in [1.82, 2.24) is 29.9 Å². The highest BCUT2D eigenvalue weighted by molar-refractivity contribution is 5.91. The first kappa shape index (κ1) is 27.7. The number of aromatic nitrogens is 5. The van der Waals surface area contributed by atoms with E-state index in [1.807, 2.05) is 39.8 Å². The molecule has 0 atom stereocenters. The maximum atomic E-state index is 14.1. The summed E-state index contributed by atoms with van der Waals surface area (Å²) in [5.74, 6) is 1.32. The van der Waals surface area contributed by atoms with Crippen LogP contribution in [0.2, 0.25) is 0 Å². The van der Waals surface area contributed by atoms with E-state index >= 15 is 0 Å². The Kier molecular flexibility index (Phi) is 7.90. The Bertz CT molecular complexity index is 1700. The number of carbonyl (C=O) groups is 1. The standard InChI is InChI=1S/C29H33N7O5/c1-6-40-25-15-23-20(13-24(25)39-5)22-14-26(32-27-18(3)11-17(2)12-19(27)4)36(29(38)35(22)9-10-41-23)8-7-30-28(37)21-16-31-34-33-21/h11-16H,6-10H2,1-5H3,(H,30,37)(H,31,33,34)/b32-26+. The summed E-state index contributed by atoms with van der Waals surface area (Å²) >= 11 is 0. The molecule has 41 heavy (non-hydrogen) atoms. The summed E-state index contributed by atoms with van der Waals surface area (Å²) < 4.78 is 20.7. The van der Waals surface area contributed by atoms with E-state index in [1.165, 1.54) is 6.20 Å². The van der Waals surface area contributed by atoms with Gasteiger partial charge in [-0.15, -0.1) is 5.10 Å².